The van der Waals surface area contributed by atoms with Gasteiger partial charge in [-0.05, 0) is 37.5 Å². The largest absolute Gasteiger partial charge is 0.392 e. The molecule has 1 unspecified atom stereocenters. The van der Waals surface area contributed by atoms with Crippen molar-refractivity contribution >= 4 is 17.7 Å². The molecule has 0 saturated carbocycles. The monoisotopic (exact) mass is 409 g/mol. The number of β-amino-alcohol motifs (C(OH)–C–C–N with tert-alkyl or cyclic N) is 1. The van der Waals surface area contributed by atoms with Crippen LogP contribution >= 0.6 is 11.8 Å². The molecular weight excluding hydrogens is 378 g/mol. The zero-order chi connectivity index (χ0) is 19.6. The van der Waals surface area contributed by atoms with E-state index in [9.17, 15) is 9.90 Å². The van der Waals surface area contributed by atoms with Crippen LogP contribution in [0, 0.1) is 5.41 Å². The van der Waals surface area contributed by atoms with E-state index in [1.807, 2.05) is 16.5 Å². The number of likely N-dealkylation sites (tertiary alicyclic amines) is 2. The molecular formula is C19H31N5O3S. The fourth-order valence-corrected chi connectivity index (χ4v) is 5.73. The Morgan fingerprint density at radius 2 is 2.11 bits per heavy atom. The van der Waals surface area contributed by atoms with Gasteiger partial charge in [-0.15, -0.1) is 10.2 Å². The molecule has 0 radical (unpaired) electrons. The lowest BCUT2D eigenvalue weighted by Gasteiger charge is -2.51. The number of ether oxygens (including phenoxy) is 1. The molecule has 1 amide bonds. The summed E-state index contributed by atoms with van der Waals surface area (Å²) in [6, 6.07) is 0.531. The van der Waals surface area contributed by atoms with Crippen molar-refractivity contribution in [1.82, 2.24) is 24.6 Å². The molecule has 3 saturated heterocycles. The number of aryl methyl sites for hydroxylation is 1. The average molecular weight is 410 g/mol. The number of aliphatic hydroxyl groups is 1. The number of aromatic nitrogens is 3. The Balaban J connectivity index is 1.30. The second-order valence-corrected chi connectivity index (χ2v) is 9.47. The Labute approximate surface area is 170 Å². The Morgan fingerprint density at radius 1 is 1.36 bits per heavy atom. The molecule has 3 fully saturated rings. The molecule has 0 aromatic carbocycles. The number of hydrogen-bond donors (Lipinski definition) is 1. The Bertz CT molecular complexity index is 670. The van der Waals surface area contributed by atoms with Crippen molar-refractivity contribution < 1.29 is 14.6 Å². The standard InChI is InChI=1S/C19H31N5O3S/c1-22-14-20-21-18(22)28-12-17(26)23-6-4-19(5-7-23)10-16(25)11-24(13-19)15-2-8-27-9-3-15/h14-16,25H,2-13H2,1H3. The number of hydrogen-bond acceptors (Lipinski definition) is 7. The molecule has 8 nitrogen and oxygen atoms in total. The van der Waals surface area contributed by atoms with Gasteiger partial charge >= 0.3 is 0 Å². The summed E-state index contributed by atoms with van der Waals surface area (Å²) >= 11 is 1.44. The van der Waals surface area contributed by atoms with Gasteiger partial charge in [0.1, 0.15) is 6.33 Å². The summed E-state index contributed by atoms with van der Waals surface area (Å²) in [5.74, 6) is 0.566. The SMILES string of the molecule is Cn1cnnc1SCC(=O)N1CCC2(CC1)CC(O)CN(C1CCOCC1)C2. The number of thioether (sulfide) groups is 1. The summed E-state index contributed by atoms with van der Waals surface area (Å²) < 4.78 is 7.34. The Morgan fingerprint density at radius 3 is 2.79 bits per heavy atom. The highest BCUT2D eigenvalue weighted by molar-refractivity contribution is 7.99. The molecule has 1 aromatic heterocycles. The first-order valence-corrected chi connectivity index (χ1v) is 11.3. The van der Waals surface area contributed by atoms with Crippen molar-refractivity contribution in [1.29, 1.82) is 0 Å². The lowest BCUT2D eigenvalue weighted by Crippen LogP contribution is -2.57. The molecule has 0 aliphatic carbocycles. The first kappa shape index (κ1) is 20.1. The second kappa shape index (κ2) is 8.69. The minimum Gasteiger partial charge on any atom is -0.392 e. The summed E-state index contributed by atoms with van der Waals surface area (Å²) in [5, 5.41) is 19.2. The van der Waals surface area contributed by atoms with E-state index in [2.05, 4.69) is 15.1 Å². The van der Waals surface area contributed by atoms with Gasteiger partial charge in [0.25, 0.3) is 0 Å². The van der Waals surface area contributed by atoms with Crippen LogP contribution in [0.15, 0.2) is 11.5 Å². The van der Waals surface area contributed by atoms with E-state index in [1.165, 1.54) is 11.8 Å². The smallest absolute Gasteiger partial charge is 0.233 e. The van der Waals surface area contributed by atoms with Crippen molar-refractivity contribution in [2.45, 2.75) is 49.4 Å². The van der Waals surface area contributed by atoms with Gasteiger partial charge in [-0.3, -0.25) is 9.69 Å². The minimum absolute atomic E-state index is 0.142. The van der Waals surface area contributed by atoms with Crippen LogP contribution in [0.5, 0.6) is 0 Å². The van der Waals surface area contributed by atoms with Crippen molar-refractivity contribution in [3.63, 3.8) is 0 Å². The molecule has 1 aromatic rings. The molecule has 4 rings (SSSR count). The van der Waals surface area contributed by atoms with Gasteiger partial charge < -0.3 is 19.3 Å². The second-order valence-electron chi connectivity index (χ2n) is 8.52. The third-order valence-corrected chi connectivity index (χ3v) is 7.55. The summed E-state index contributed by atoms with van der Waals surface area (Å²) in [6.45, 7) is 5.05. The van der Waals surface area contributed by atoms with Crippen molar-refractivity contribution in [2.75, 3.05) is 45.1 Å². The number of carbonyl (C=O) groups is 1. The lowest BCUT2D eigenvalue weighted by atomic mass is 9.71. The molecule has 1 N–H and O–H groups in total. The van der Waals surface area contributed by atoms with Gasteiger partial charge in [-0.25, -0.2) is 0 Å². The average Bonchev–Trinajstić information content (AvgIpc) is 3.11. The summed E-state index contributed by atoms with van der Waals surface area (Å²) in [7, 11) is 1.88. The highest BCUT2D eigenvalue weighted by Crippen LogP contribution is 2.41. The van der Waals surface area contributed by atoms with Crippen LogP contribution in [0.4, 0.5) is 0 Å². The topological polar surface area (TPSA) is 83.7 Å². The first-order valence-electron chi connectivity index (χ1n) is 10.3. The van der Waals surface area contributed by atoms with E-state index >= 15 is 0 Å². The first-order chi connectivity index (χ1) is 13.5. The molecule has 9 heteroatoms. The predicted octanol–water partition coefficient (Wildman–Crippen LogP) is 0.762. The maximum absolute atomic E-state index is 12.6. The van der Waals surface area contributed by atoms with Crippen molar-refractivity contribution in [3.8, 4) is 0 Å². The van der Waals surface area contributed by atoms with Gasteiger partial charge in [0.2, 0.25) is 5.91 Å². The van der Waals surface area contributed by atoms with Gasteiger partial charge in [0.15, 0.2) is 5.16 Å². The lowest BCUT2D eigenvalue weighted by molar-refractivity contribution is -0.133. The Kier molecular flexibility index (Phi) is 6.24. The summed E-state index contributed by atoms with van der Waals surface area (Å²) in [6.07, 6.45) is 6.33. The molecule has 1 atom stereocenters. The van der Waals surface area contributed by atoms with Crippen LogP contribution in [0.2, 0.25) is 0 Å². The van der Waals surface area contributed by atoms with Crippen LogP contribution in [0.25, 0.3) is 0 Å². The van der Waals surface area contributed by atoms with Crippen molar-refractivity contribution in [2.24, 2.45) is 12.5 Å². The van der Waals surface area contributed by atoms with Gasteiger partial charge in [-0.1, -0.05) is 11.8 Å². The molecule has 4 heterocycles. The van der Waals surface area contributed by atoms with Crippen LogP contribution < -0.4 is 0 Å². The zero-order valence-electron chi connectivity index (χ0n) is 16.6. The highest BCUT2D eigenvalue weighted by Gasteiger charge is 2.43. The zero-order valence-corrected chi connectivity index (χ0v) is 17.4. The highest BCUT2D eigenvalue weighted by atomic mass is 32.2. The third kappa shape index (κ3) is 4.53. The molecule has 0 bridgehead atoms. The number of aliphatic hydroxyl groups excluding tert-OH is 1. The Hall–Kier alpha value is -1.16. The number of nitrogens with zero attached hydrogens (tertiary/aromatic N) is 5. The van der Waals surface area contributed by atoms with Crippen molar-refractivity contribution in [3.05, 3.63) is 6.33 Å². The number of amides is 1. The van der Waals surface area contributed by atoms with E-state index in [0.29, 0.717) is 11.8 Å². The fourth-order valence-electron chi connectivity index (χ4n) is 4.94. The number of carbonyl (C=O) groups excluding carboxylic acids is 1. The van der Waals surface area contributed by atoms with Gasteiger partial charge in [-0.2, -0.15) is 0 Å². The van der Waals surface area contributed by atoms with Crippen LogP contribution in [-0.2, 0) is 16.6 Å². The van der Waals surface area contributed by atoms with Crippen LogP contribution in [-0.4, -0.2) is 92.9 Å². The van der Waals surface area contributed by atoms with Gasteiger partial charge in [0, 0.05) is 52.5 Å². The molecule has 28 heavy (non-hydrogen) atoms. The van der Waals surface area contributed by atoms with E-state index in [0.717, 1.165) is 76.7 Å². The minimum atomic E-state index is -0.259. The van der Waals surface area contributed by atoms with E-state index in [1.54, 1.807) is 6.33 Å². The number of piperidine rings is 2. The normalized spacial score (nSPS) is 26.6. The predicted molar refractivity (Wildman–Crippen MR) is 106 cm³/mol. The van der Waals surface area contributed by atoms with E-state index < -0.39 is 0 Å². The molecule has 156 valence electrons. The molecule has 3 aliphatic rings. The maximum Gasteiger partial charge on any atom is 0.233 e. The van der Waals surface area contributed by atoms with E-state index in [4.69, 9.17) is 4.74 Å². The fraction of sp³-hybridized carbons (Fsp3) is 0.842. The van der Waals surface area contributed by atoms with Crippen LogP contribution in [0.1, 0.15) is 32.1 Å². The van der Waals surface area contributed by atoms with Crippen LogP contribution in [0.3, 0.4) is 0 Å². The van der Waals surface area contributed by atoms with E-state index in [-0.39, 0.29) is 17.4 Å². The summed E-state index contributed by atoms with van der Waals surface area (Å²) in [5.41, 5.74) is 0.142. The number of rotatable bonds is 4. The summed E-state index contributed by atoms with van der Waals surface area (Å²) in [4.78, 5) is 17.1. The quantitative estimate of drug-likeness (QED) is 0.735. The third-order valence-electron chi connectivity index (χ3n) is 6.53. The van der Waals surface area contributed by atoms with Gasteiger partial charge in [0.05, 0.1) is 11.9 Å². The molecule has 1 spiro atoms. The molecule has 3 aliphatic heterocycles. The maximum atomic E-state index is 12.6.